The van der Waals surface area contributed by atoms with Crippen LogP contribution in [0, 0.1) is 17.2 Å². The lowest BCUT2D eigenvalue weighted by molar-refractivity contribution is 0.132. The number of anilines is 1. The van der Waals surface area contributed by atoms with Crippen molar-refractivity contribution in [1.82, 2.24) is 9.88 Å². The second-order valence-electron chi connectivity index (χ2n) is 6.55. The molecule has 1 aromatic rings. The van der Waals surface area contributed by atoms with Gasteiger partial charge in [-0.15, -0.1) is 0 Å². The van der Waals surface area contributed by atoms with Crippen LogP contribution in [0.25, 0.3) is 0 Å². The Labute approximate surface area is 137 Å². The van der Waals surface area contributed by atoms with Crippen molar-refractivity contribution in [1.29, 1.82) is 5.26 Å². The monoisotopic (exact) mass is 318 g/mol. The van der Waals surface area contributed by atoms with Gasteiger partial charge in [-0.25, -0.2) is 4.98 Å². The molecular weight excluding hydrogens is 296 g/mol. The minimum absolute atomic E-state index is 0.322. The fourth-order valence-corrected chi connectivity index (χ4v) is 3.76. The molecule has 1 aliphatic heterocycles. The van der Waals surface area contributed by atoms with E-state index >= 15 is 0 Å². The molecule has 0 aromatic carbocycles. The Morgan fingerprint density at radius 2 is 1.82 bits per heavy atom. The summed E-state index contributed by atoms with van der Waals surface area (Å²) in [4.78, 5) is 9.28. The number of piperazine rings is 1. The molecule has 1 aliphatic carbocycles. The van der Waals surface area contributed by atoms with E-state index in [4.69, 9.17) is 16.9 Å². The van der Waals surface area contributed by atoms with E-state index in [0.29, 0.717) is 10.7 Å². The molecule has 1 saturated carbocycles. The Hall–Kier alpha value is -1.31. The summed E-state index contributed by atoms with van der Waals surface area (Å²) in [6.45, 7) is 6.50. The van der Waals surface area contributed by atoms with Crippen LogP contribution in [0.3, 0.4) is 0 Å². The van der Waals surface area contributed by atoms with Crippen LogP contribution in [-0.4, -0.2) is 42.1 Å². The van der Waals surface area contributed by atoms with Gasteiger partial charge < -0.3 is 4.90 Å². The molecule has 0 amide bonds. The van der Waals surface area contributed by atoms with Gasteiger partial charge in [-0.05, 0) is 43.7 Å². The zero-order valence-corrected chi connectivity index (χ0v) is 13.9. The van der Waals surface area contributed by atoms with Crippen LogP contribution in [0.15, 0.2) is 12.1 Å². The zero-order valence-electron chi connectivity index (χ0n) is 13.1. The van der Waals surface area contributed by atoms with Gasteiger partial charge >= 0.3 is 0 Å². The predicted molar refractivity (Wildman–Crippen MR) is 89.2 cm³/mol. The minimum atomic E-state index is 0.322. The van der Waals surface area contributed by atoms with Gasteiger partial charge in [0.1, 0.15) is 11.9 Å². The maximum atomic E-state index is 9.05. The highest BCUT2D eigenvalue weighted by Crippen LogP contribution is 2.28. The van der Waals surface area contributed by atoms with Gasteiger partial charge in [0.05, 0.1) is 5.02 Å². The number of aromatic nitrogens is 1. The standard InChI is InChI=1S/C17H23ClN4/c1-13-2-4-14(5-3-13)21-8-10-22(11-9-21)17-7-6-15(18)16(12-19)20-17/h6-7,13-14H,2-5,8-11H2,1H3. The third-order valence-electron chi connectivity index (χ3n) is 5.08. The lowest BCUT2D eigenvalue weighted by Crippen LogP contribution is -2.51. The number of pyridine rings is 1. The first-order valence-electron chi connectivity index (χ1n) is 8.23. The Bertz CT molecular complexity index is 552. The van der Waals surface area contributed by atoms with Gasteiger partial charge in [0.15, 0.2) is 5.69 Å². The smallest absolute Gasteiger partial charge is 0.161 e. The summed E-state index contributed by atoms with van der Waals surface area (Å²) in [5, 5.41) is 9.48. The molecule has 118 valence electrons. The zero-order chi connectivity index (χ0) is 15.5. The Kier molecular flexibility index (Phi) is 4.85. The van der Waals surface area contributed by atoms with Crippen molar-refractivity contribution in [3.05, 3.63) is 22.8 Å². The molecule has 0 radical (unpaired) electrons. The average molecular weight is 319 g/mol. The molecule has 0 N–H and O–H groups in total. The highest BCUT2D eigenvalue weighted by atomic mass is 35.5. The molecule has 0 bridgehead atoms. The lowest BCUT2D eigenvalue weighted by Gasteiger charge is -2.42. The van der Waals surface area contributed by atoms with Crippen LogP contribution in [-0.2, 0) is 0 Å². The highest BCUT2D eigenvalue weighted by molar-refractivity contribution is 6.31. The van der Waals surface area contributed by atoms with Crippen molar-refractivity contribution in [3.63, 3.8) is 0 Å². The first kappa shape index (κ1) is 15.6. The number of hydrogen-bond acceptors (Lipinski definition) is 4. The summed E-state index contributed by atoms with van der Waals surface area (Å²) < 4.78 is 0. The number of nitrogens with zero attached hydrogens (tertiary/aromatic N) is 4. The molecule has 2 fully saturated rings. The van der Waals surface area contributed by atoms with Crippen LogP contribution in [0.4, 0.5) is 5.82 Å². The lowest BCUT2D eigenvalue weighted by atomic mass is 9.86. The SMILES string of the molecule is CC1CCC(N2CCN(c3ccc(Cl)c(C#N)n3)CC2)CC1. The van der Waals surface area contributed by atoms with Crippen LogP contribution < -0.4 is 4.90 Å². The second kappa shape index (κ2) is 6.85. The molecule has 0 atom stereocenters. The largest absolute Gasteiger partial charge is 0.354 e. The van der Waals surface area contributed by atoms with E-state index in [1.807, 2.05) is 6.07 Å². The summed E-state index contributed by atoms with van der Waals surface area (Å²) in [5.74, 6) is 1.78. The van der Waals surface area contributed by atoms with Crippen molar-refractivity contribution in [2.75, 3.05) is 31.1 Å². The van der Waals surface area contributed by atoms with Crippen LogP contribution in [0.2, 0.25) is 5.02 Å². The van der Waals surface area contributed by atoms with E-state index in [1.165, 1.54) is 25.7 Å². The van der Waals surface area contributed by atoms with Gasteiger partial charge in [0.25, 0.3) is 0 Å². The molecule has 0 unspecified atom stereocenters. The molecule has 2 aliphatic rings. The van der Waals surface area contributed by atoms with E-state index < -0.39 is 0 Å². The van der Waals surface area contributed by atoms with Crippen molar-refractivity contribution in [2.45, 2.75) is 38.6 Å². The molecule has 3 rings (SSSR count). The summed E-state index contributed by atoms with van der Waals surface area (Å²) >= 11 is 5.96. The fraction of sp³-hybridized carbons (Fsp3) is 0.647. The minimum Gasteiger partial charge on any atom is -0.354 e. The molecule has 0 spiro atoms. The number of halogens is 1. The van der Waals surface area contributed by atoms with Gasteiger partial charge in [0, 0.05) is 32.2 Å². The van der Waals surface area contributed by atoms with Crippen molar-refractivity contribution >= 4 is 17.4 Å². The molecule has 2 heterocycles. The predicted octanol–water partition coefficient (Wildman–Crippen LogP) is 3.31. The first-order valence-corrected chi connectivity index (χ1v) is 8.61. The third-order valence-corrected chi connectivity index (χ3v) is 5.38. The van der Waals surface area contributed by atoms with E-state index in [-0.39, 0.29) is 0 Å². The van der Waals surface area contributed by atoms with Crippen molar-refractivity contribution in [2.24, 2.45) is 5.92 Å². The number of nitriles is 1. The fourth-order valence-electron chi connectivity index (χ4n) is 3.61. The summed E-state index contributed by atoms with van der Waals surface area (Å²) in [7, 11) is 0. The maximum absolute atomic E-state index is 9.05. The Balaban J connectivity index is 1.59. The molecular formula is C17H23ClN4. The molecule has 1 saturated heterocycles. The van der Waals surface area contributed by atoms with E-state index in [1.54, 1.807) is 6.07 Å². The van der Waals surface area contributed by atoms with Crippen LogP contribution in [0.5, 0.6) is 0 Å². The Morgan fingerprint density at radius 1 is 1.14 bits per heavy atom. The summed E-state index contributed by atoms with van der Waals surface area (Å²) in [6, 6.07) is 6.52. The highest BCUT2D eigenvalue weighted by Gasteiger charge is 2.27. The summed E-state index contributed by atoms with van der Waals surface area (Å²) in [5.41, 5.74) is 0.322. The quantitative estimate of drug-likeness (QED) is 0.839. The van der Waals surface area contributed by atoms with Gasteiger partial charge in [-0.2, -0.15) is 5.26 Å². The normalized spacial score (nSPS) is 26.7. The molecule has 4 nitrogen and oxygen atoms in total. The topological polar surface area (TPSA) is 43.2 Å². The van der Waals surface area contributed by atoms with Gasteiger partial charge in [-0.3, -0.25) is 4.90 Å². The van der Waals surface area contributed by atoms with Crippen molar-refractivity contribution < 1.29 is 0 Å². The second-order valence-corrected chi connectivity index (χ2v) is 6.96. The van der Waals surface area contributed by atoms with E-state index in [9.17, 15) is 0 Å². The Morgan fingerprint density at radius 3 is 2.45 bits per heavy atom. The molecule has 5 heteroatoms. The van der Waals surface area contributed by atoms with E-state index in [0.717, 1.165) is 44.0 Å². The first-order chi connectivity index (χ1) is 10.7. The third kappa shape index (κ3) is 3.37. The molecule has 1 aromatic heterocycles. The van der Waals surface area contributed by atoms with Crippen LogP contribution in [0.1, 0.15) is 38.3 Å². The number of hydrogen-bond donors (Lipinski definition) is 0. The van der Waals surface area contributed by atoms with Crippen molar-refractivity contribution in [3.8, 4) is 6.07 Å². The van der Waals surface area contributed by atoms with E-state index in [2.05, 4.69) is 27.8 Å². The van der Waals surface area contributed by atoms with Crippen LogP contribution >= 0.6 is 11.6 Å². The van der Waals surface area contributed by atoms with Gasteiger partial charge in [-0.1, -0.05) is 18.5 Å². The number of rotatable bonds is 2. The maximum Gasteiger partial charge on any atom is 0.161 e. The summed E-state index contributed by atoms with van der Waals surface area (Å²) in [6.07, 6.45) is 5.43. The average Bonchev–Trinajstić information content (AvgIpc) is 2.56. The molecule has 22 heavy (non-hydrogen) atoms. The van der Waals surface area contributed by atoms with Gasteiger partial charge in [0.2, 0.25) is 0 Å².